The molecule has 0 unspecified atom stereocenters. The van der Waals surface area contributed by atoms with Gasteiger partial charge in [0, 0.05) is 23.2 Å². The summed E-state index contributed by atoms with van der Waals surface area (Å²) < 4.78 is 5.26. The Morgan fingerprint density at radius 1 is 1.21 bits per heavy atom. The van der Waals surface area contributed by atoms with E-state index in [1.807, 2.05) is 31.2 Å². The Morgan fingerprint density at radius 2 is 1.96 bits per heavy atom. The summed E-state index contributed by atoms with van der Waals surface area (Å²) in [5, 5.41) is 4.57. The Morgan fingerprint density at radius 3 is 2.67 bits per heavy atom. The lowest BCUT2D eigenvalue weighted by molar-refractivity contribution is 0.0769. The third-order valence-corrected chi connectivity index (χ3v) is 3.81. The number of halogens is 1. The van der Waals surface area contributed by atoms with Crippen LogP contribution in [0.15, 0.2) is 53.1 Å². The molecule has 0 saturated heterocycles. The van der Waals surface area contributed by atoms with Gasteiger partial charge in [-0.3, -0.25) is 4.79 Å². The minimum absolute atomic E-state index is 0.137. The standard InChI is InChI=1S/C18H16ClN3O2/c1-12-4-3-5-14(10-12)17-20-16(24-21-17)11-22(2)18(23)13-6-8-15(19)9-7-13/h3-10H,11H2,1-2H3. The summed E-state index contributed by atoms with van der Waals surface area (Å²) in [7, 11) is 1.69. The number of rotatable bonds is 4. The third kappa shape index (κ3) is 3.63. The largest absolute Gasteiger partial charge is 0.337 e. The van der Waals surface area contributed by atoms with Crippen molar-refractivity contribution < 1.29 is 9.32 Å². The molecule has 24 heavy (non-hydrogen) atoms. The van der Waals surface area contributed by atoms with Crippen LogP contribution >= 0.6 is 11.6 Å². The van der Waals surface area contributed by atoms with Gasteiger partial charge in [0.2, 0.25) is 11.7 Å². The summed E-state index contributed by atoms with van der Waals surface area (Å²) in [4.78, 5) is 18.3. The normalized spacial score (nSPS) is 10.6. The first kappa shape index (κ1) is 16.2. The molecule has 1 heterocycles. The van der Waals surface area contributed by atoms with E-state index in [1.54, 1.807) is 31.3 Å². The zero-order valence-corrected chi connectivity index (χ0v) is 14.1. The van der Waals surface area contributed by atoms with E-state index in [9.17, 15) is 4.79 Å². The van der Waals surface area contributed by atoms with E-state index in [-0.39, 0.29) is 12.5 Å². The van der Waals surface area contributed by atoms with E-state index in [4.69, 9.17) is 16.1 Å². The van der Waals surface area contributed by atoms with Gasteiger partial charge in [0.1, 0.15) is 0 Å². The molecule has 6 heteroatoms. The van der Waals surface area contributed by atoms with Crippen LogP contribution in [-0.4, -0.2) is 28.0 Å². The smallest absolute Gasteiger partial charge is 0.254 e. The van der Waals surface area contributed by atoms with Crippen LogP contribution in [0.2, 0.25) is 5.02 Å². The number of carbonyl (C=O) groups is 1. The van der Waals surface area contributed by atoms with Gasteiger partial charge in [-0.05, 0) is 37.3 Å². The minimum atomic E-state index is -0.137. The second kappa shape index (κ2) is 6.84. The maximum absolute atomic E-state index is 12.4. The molecule has 0 aliphatic rings. The van der Waals surface area contributed by atoms with Crippen LogP contribution in [0.5, 0.6) is 0 Å². The summed E-state index contributed by atoms with van der Waals surface area (Å²) in [6, 6.07) is 14.6. The first-order valence-electron chi connectivity index (χ1n) is 7.43. The maximum Gasteiger partial charge on any atom is 0.254 e. The fourth-order valence-corrected chi connectivity index (χ4v) is 2.43. The van der Waals surface area contributed by atoms with Crippen molar-refractivity contribution in [2.24, 2.45) is 0 Å². The van der Waals surface area contributed by atoms with Gasteiger partial charge in [-0.1, -0.05) is 40.5 Å². The van der Waals surface area contributed by atoms with Crippen molar-refractivity contribution in [3.05, 3.63) is 70.6 Å². The molecule has 0 spiro atoms. The third-order valence-electron chi connectivity index (χ3n) is 3.55. The average molecular weight is 342 g/mol. The molecular weight excluding hydrogens is 326 g/mol. The summed E-state index contributed by atoms with van der Waals surface area (Å²) in [5.41, 5.74) is 2.56. The van der Waals surface area contributed by atoms with E-state index < -0.39 is 0 Å². The predicted octanol–water partition coefficient (Wildman–Crippen LogP) is 3.97. The highest BCUT2D eigenvalue weighted by Gasteiger charge is 2.16. The molecule has 1 amide bonds. The van der Waals surface area contributed by atoms with Crippen molar-refractivity contribution in [3.63, 3.8) is 0 Å². The highest BCUT2D eigenvalue weighted by atomic mass is 35.5. The molecule has 0 fully saturated rings. The Kier molecular flexibility index (Phi) is 4.62. The number of hydrogen-bond acceptors (Lipinski definition) is 4. The Balaban J connectivity index is 1.72. The summed E-state index contributed by atoms with van der Waals surface area (Å²) in [5.74, 6) is 0.763. The molecule has 0 N–H and O–H groups in total. The van der Waals surface area contributed by atoms with Crippen molar-refractivity contribution in [2.45, 2.75) is 13.5 Å². The van der Waals surface area contributed by atoms with Crippen LogP contribution in [0.1, 0.15) is 21.8 Å². The average Bonchev–Trinajstić information content (AvgIpc) is 3.03. The van der Waals surface area contributed by atoms with Crippen molar-refractivity contribution in [1.82, 2.24) is 15.0 Å². The molecule has 3 rings (SSSR count). The molecule has 3 aromatic rings. The fraction of sp³-hybridized carbons (Fsp3) is 0.167. The molecule has 122 valence electrons. The molecule has 0 saturated carbocycles. The van der Waals surface area contributed by atoms with Crippen molar-refractivity contribution >= 4 is 17.5 Å². The number of benzene rings is 2. The van der Waals surface area contributed by atoms with Gasteiger partial charge in [-0.25, -0.2) is 0 Å². The Bertz CT molecular complexity index is 859. The van der Waals surface area contributed by atoms with Crippen LogP contribution in [0.25, 0.3) is 11.4 Å². The monoisotopic (exact) mass is 341 g/mol. The predicted molar refractivity (Wildman–Crippen MR) is 91.7 cm³/mol. The van der Waals surface area contributed by atoms with Crippen molar-refractivity contribution in [2.75, 3.05) is 7.05 Å². The Hall–Kier alpha value is -2.66. The molecule has 0 radical (unpaired) electrons. The SMILES string of the molecule is Cc1cccc(-c2noc(CN(C)C(=O)c3ccc(Cl)cc3)n2)c1. The van der Waals surface area contributed by atoms with E-state index >= 15 is 0 Å². The molecule has 1 aromatic heterocycles. The van der Waals surface area contributed by atoms with Crippen LogP contribution in [0.3, 0.4) is 0 Å². The summed E-state index contributed by atoms with van der Waals surface area (Å²) in [6.45, 7) is 2.24. The lowest BCUT2D eigenvalue weighted by Gasteiger charge is -2.14. The van der Waals surface area contributed by atoms with Gasteiger partial charge in [0.15, 0.2) is 0 Å². The fourth-order valence-electron chi connectivity index (χ4n) is 2.31. The molecule has 2 aromatic carbocycles. The molecule has 5 nitrogen and oxygen atoms in total. The lowest BCUT2D eigenvalue weighted by Crippen LogP contribution is -2.26. The first-order chi connectivity index (χ1) is 11.5. The van der Waals surface area contributed by atoms with Gasteiger partial charge < -0.3 is 9.42 Å². The van der Waals surface area contributed by atoms with Gasteiger partial charge in [0.05, 0.1) is 6.54 Å². The highest BCUT2D eigenvalue weighted by molar-refractivity contribution is 6.30. The lowest BCUT2D eigenvalue weighted by atomic mass is 10.1. The zero-order chi connectivity index (χ0) is 17.1. The molecule has 0 bridgehead atoms. The second-order valence-corrected chi connectivity index (χ2v) is 5.99. The topological polar surface area (TPSA) is 59.2 Å². The molecule has 0 atom stereocenters. The first-order valence-corrected chi connectivity index (χ1v) is 7.81. The quantitative estimate of drug-likeness (QED) is 0.720. The van der Waals surface area contributed by atoms with Gasteiger partial charge in [-0.2, -0.15) is 4.98 Å². The molecule has 0 aliphatic heterocycles. The van der Waals surface area contributed by atoms with Crippen LogP contribution < -0.4 is 0 Å². The second-order valence-electron chi connectivity index (χ2n) is 5.55. The van der Waals surface area contributed by atoms with Gasteiger partial charge >= 0.3 is 0 Å². The summed E-state index contributed by atoms with van der Waals surface area (Å²) in [6.07, 6.45) is 0. The number of aromatic nitrogens is 2. The maximum atomic E-state index is 12.4. The van der Waals surface area contributed by atoms with Crippen LogP contribution in [0, 0.1) is 6.92 Å². The van der Waals surface area contributed by atoms with Crippen LogP contribution in [0.4, 0.5) is 0 Å². The molecule has 0 aliphatic carbocycles. The van der Waals surface area contributed by atoms with Gasteiger partial charge in [-0.15, -0.1) is 0 Å². The summed E-state index contributed by atoms with van der Waals surface area (Å²) >= 11 is 5.84. The highest BCUT2D eigenvalue weighted by Crippen LogP contribution is 2.18. The number of amides is 1. The van der Waals surface area contributed by atoms with Gasteiger partial charge in [0.25, 0.3) is 5.91 Å². The number of hydrogen-bond donors (Lipinski definition) is 0. The number of nitrogens with zero attached hydrogens (tertiary/aromatic N) is 3. The van der Waals surface area contributed by atoms with Crippen LogP contribution in [-0.2, 0) is 6.54 Å². The molecular formula is C18H16ClN3O2. The van der Waals surface area contributed by atoms with E-state index in [0.29, 0.717) is 22.3 Å². The number of carbonyl (C=O) groups excluding carboxylic acids is 1. The van der Waals surface area contributed by atoms with Crippen molar-refractivity contribution in [3.8, 4) is 11.4 Å². The zero-order valence-electron chi connectivity index (χ0n) is 13.4. The van der Waals surface area contributed by atoms with E-state index in [0.717, 1.165) is 11.1 Å². The Labute approximate surface area is 144 Å². The van der Waals surface area contributed by atoms with Crippen molar-refractivity contribution in [1.29, 1.82) is 0 Å². The van der Waals surface area contributed by atoms with E-state index in [2.05, 4.69) is 10.1 Å². The minimum Gasteiger partial charge on any atom is -0.337 e. The number of aryl methyl sites for hydroxylation is 1. The van der Waals surface area contributed by atoms with E-state index in [1.165, 1.54) is 4.90 Å².